The van der Waals surface area contributed by atoms with Crippen molar-refractivity contribution in [3.63, 3.8) is 0 Å². The summed E-state index contributed by atoms with van der Waals surface area (Å²) in [7, 11) is -4.01. The SMILES string of the molecule is CC(C)(C)OC(=O)N[C@@H](c1ccccc1)[C@@H](NS(=O)(=O)c1ccc(OCc2ccccc2)cc1)c1ccccc1. The molecule has 0 aromatic heterocycles. The van der Waals surface area contributed by atoms with Gasteiger partial charge in [0, 0.05) is 0 Å². The van der Waals surface area contributed by atoms with Crippen LogP contribution in [0.1, 0.15) is 49.5 Å². The summed E-state index contributed by atoms with van der Waals surface area (Å²) in [4.78, 5) is 13.0. The molecule has 0 radical (unpaired) electrons. The van der Waals surface area contributed by atoms with Crippen LogP contribution in [0.3, 0.4) is 0 Å². The van der Waals surface area contributed by atoms with Crippen molar-refractivity contribution in [3.8, 4) is 5.75 Å². The summed E-state index contributed by atoms with van der Waals surface area (Å²) in [6, 6.07) is 32.7. The predicted molar refractivity (Wildman–Crippen MR) is 155 cm³/mol. The molecule has 0 unspecified atom stereocenters. The molecule has 0 saturated carbocycles. The molecule has 0 spiro atoms. The largest absolute Gasteiger partial charge is 0.489 e. The predicted octanol–water partition coefficient (Wildman–Crippen LogP) is 6.55. The third kappa shape index (κ3) is 8.18. The molecule has 208 valence electrons. The Bertz CT molecular complexity index is 1470. The fourth-order valence-corrected chi connectivity index (χ4v) is 5.37. The third-order valence-corrected chi connectivity index (χ3v) is 7.44. The van der Waals surface area contributed by atoms with Crippen molar-refractivity contribution < 1.29 is 22.7 Å². The summed E-state index contributed by atoms with van der Waals surface area (Å²) >= 11 is 0. The maximum Gasteiger partial charge on any atom is 0.408 e. The van der Waals surface area contributed by atoms with Crippen LogP contribution in [0.25, 0.3) is 0 Å². The van der Waals surface area contributed by atoms with Gasteiger partial charge in [0.15, 0.2) is 0 Å². The second-order valence-corrected chi connectivity index (χ2v) is 12.0. The highest BCUT2D eigenvalue weighted by molar-refractivity contribution is 7.89. The van der Waals surface area contributed by atoms with Crippen LogP contribution in [0.15, 0.2) is 120 Å². The van der Waals surface area contributed by atoms with Crippen LogP contribution in [0.4, 0.5) is 4.79 Å². The molecule has 40 heavy (non-hydrogen) atoms. The molecule has 2 N–H and O–H groups in total. The highest BCUT2D eigenvalue weighted by atomic mass is 32.2. The Morgan fingerprint density at radius 1 is 0.725 bits per heavy atom. The van der Waals surface area contributed by atoms with E-state index in [1.54, 1.807) is 32.9 Å². The summed E-state index contributed by atoms with van der Waals surface area (Å²) in [6.45, 7) is 5.69. The number of ether oxygens (including phenoxy) is 2. The molecule has 0 saturated heterocycles. The van der Waals surface area contributed by atoms with Crippen molar-refractivity contribution >= 4 is 16.1 Å². The molecule has 0 aliphatic rings. The van der Waals surface area contributed by atoms with Crippen molar-refractivity contribution in [3.05, 3.63) is 132 Å². The maximum atomic E-state index is 13.7. The summed E-state index contributed by atoms with van der Waals surface area (Å²) < 4.78 is 41.5. The average molecular weight is 559 g/mol. The van der Waals surface area contributed by atoms with E-state index in [0.29, 0.717) is 17.9 Å². The first-order valence-corrected chi connectivity index (χ1v) is 14.5. The Morgan fingerprint density at radius 3 is 1.75 bits per heavy atom. The zero-order valence-corrected chi connectivity index (χ0v) is 23.6. The van der Waals surface area contributed by atoms with E-state index in [2.05, 4.69) is 10.0 Å². The summed E-state index contributed by atoms with van der Waals surface area (Å²) in [5, 5.41) is 2.90. The number of carbonyl (C=O) groups excluding carboxylic acids is 1. The molecule has 2 atom stereocenters. The lowest BCUT2D eigenvalue weighted by atomic mass is 9.94. The maximum absolute atomic E-state index is 13.7. The fourth-order valence-electron chi connectivity index (χ4n) is 4.13. The van der Waals surface area contributed by atoms with Gasteiger partial charge < -0.3 is 14.8 Å². The molecule has 7 nitrogen and oxygen atoms in total. The van der Waals surface area contributed by atoms with E-state index in [-0.39, 0.29) is 4.90 Å². The summed E-state index contributed by atoms with van der Waals surface area (Å²) in [6.07, 6.45) is -0.651. The zero-order valence-electron chi connectivity index (χ0n) is 22.8. The van der Waals surface area contributed by atoms with Crippen molar-refractivity contribution in [1.29, 1.82) is 0 Å². The van der Waals surface area contributed by atoms with E-state index < -0.39 is 33.8 Å². The quantitative estimate of drug-likeness (QED) is 0.230. The van der Waals surface area contributed by atoms with E-state index in [4.69, 9.17) is 9.47 Å². The topological polar surface area (TPSA) is 93.7 Å². The number of nitrogens with one attached hydrogen (secondary N) is 2. The normalized spacial score (nSPS) is 13.2. The van der Waals surface area contributed by atoms with Gasteiger partial charge in [0.1, 0.15) is 18.0 Å². The fraction of sp³-hybridized carbons (Fsp3) is 0.219. The highest BCUT2D eigenvalue weighted by Gasteiger charge is 2.32. The smallest absolute Gasteiger partial charge is 0.408 e. The number of amides is 1. The van der Waals surface area contributed by atoms with Crippen LogP contribution < -0.4 is 14.8 Å². The second-order valence-electron chi connectivity index (χ2n) is 10.3. The number of carbonyl (C=O) groups is 1. The van der Waals surface area contributed by atoms with Crippen LogP contribution in [0.5, 0.6) is 5.75 Å². The molecule has 0 fully saturated rings. The monoisotopic (exact) mass is 558 g/mol. The minimum absolute atomic E-state index is 0.0737. The first-order valence-electron chi connectivity index (χ1n) is 13.0. The van der Waals surface area contributed by atoms with Gasteiger partial charge in [0.05, 0.1) is 17.0 Å². The van der Waals surface area contributed by atoms with E-state index in [9.17, 15) is 13.2 Å². The van der Waals surface area contributed by atoms with Gasteiger partial charge in [-0.25, -0.2) is 17.9 Å². The lowest BCUT2D eigenvalue weighted by Crippen LogP contribution is -2.42. The van der Waals surface area contributed by atoms with Crippen molar-refractivity contribution in [2.75, 3.05) is 0 Å². The van der Waals surface area contributed by atoms with Gasteiger partial charge in [-0.1, -0.05) is 91.0 Å². The summed E-state index contributed by atoms with van der Waals surface area (Å²) in [5.41, 5.74) is 1.68. The van der Waals surface area contributed by atoms with Crippen LogP contribution in [-0.2, 0) is 21.4 Å². The van der Waals surface area contributed by atoms with Crippen LogP contribution in [0.2, 0.25) is 0 Å². The van der Waals surface area contributed by atoms with Gasteiger partial charge in [-0.05, 0) is 61.7 Å². The molecule has 0 aliphatic heterocycles. The Labute approximate surface area is 236 Å². The number of hydrogen-bond donors (Lipinski definition) is 2. The molecular weight excluding hydrogens is 524 g/mol. The number of sulfonamides is 1. The molecule has 1 amide bonds. The van der Waals surface area contributed by atoms with E-state index in [1.165, 1.54) is 12.1 Å². The standard InChI is InChI=1S/C32H34N2O5S/c1-32(2,3)39-31(35)33-29(25-15-9-5-10-16-25)30(26-17-11-6-12-18-26)34-40(36,37)28-21-19-27(20-22-28)38-23-24-13-7-4-8-14-24/h4-22,29-30,34H,23H2,1-3H3,(H,33,35)/t29-,30-/m0/s1. The number of hydrogen-bond acceptors (Lipinski definition) is 5. The van der Waals surface area contributed by atoms with E-state index >= 15 is 0 Å². The molecule has 4 rings (SSSR count). The van der Waals surface area contributed by atoms with Gasteiger partial charge in [0.2, 0.25) is 10.0 Å². The van der Waals surface area contributed by atoms with Crippen molar-refractivity contribution in [2.24, 2.45) is 0 Å². The Kier molecular flexibility index (Phi) is 9.24. The van der Waals surface area contributed by atoms with Gasteiger partial charge in [-0.15, -0.1) is 0 Å². The van der Waals surface area contributed by atoms with Crippen LogP contribution in [0, 0.1) is 0 Å². The number of benzene rings is 4. The number of alkyl carbamates (subject to hydrolysis) is 1. The van der Waals surface area contributed by atoms with E-state index in [1.807, 2.05) is 91.0 Å². The molecule has 0 aliphatic carbocycles. The van der Waals surface area contributed by atoms with Gasteiger partial charge in [-0.2, -0.15) is 0 Å². The van der Waals surface area contributed by atoms with Crippen LogP contribution in [-0.4, -0.2) is 20.1 Å². The van der Waals surface area contributed by atoms with Gasteiger partial charge >= 0.3 is 6.09 Å². The third-order valence-electron chi connectivity index (χ3n) is 5.99. The zero-order chi connectivity index (χ0) is 28.6. The van der Waals surface area contributed by atoms with Crippen molar-refractivity contribution in [2.45, 2.75) is 50.0 Å². The Hall–Kier alpha value is -4.14. The average Bonchev–Trinajstić information content (AvgIpc) is 2.94. The Balaban J connectivity index is 1.61. The lowest BCUT2D eigenvalue weighted by Gasteiger charge is -2.30. The Morgan fingerprint density at radius 2 is 1.23 bits per heavy atom. The first kappa shape index (κ1) is 28.9. The first-order chi connectivity index (χ1) is 19.1. The molecular formula is C32H34N2O5S. The van der Waals surface area contributed by atoms with Crippen LogP contribution >= 0.6 is 0 Å². The molecule has 8 heteroatoms. The molecule has 0 heterocycles. The minimum atomic E-state index is -4.01. The molecule has 4 aromatic carbocycles. The molecule has 4 aromatic rings. The van der Waals surface area contributed by atoms with Gasteiger partial charge in [-0.3, -0.25) is 0 Å². The minimum Gasteiger partial charge on any atom is -0.489 e. The van der Waals surface area contributed by atoms with E-state index in [0.717, 1.165) is 11.1 Å². The lowest BCUT2D eigenvalue weighted by molar-refractivity contribution is 0.0493. The second kappa shape index (κ2) is 12.8. The number of rotatable bonds is 10. The highest BCUT2D eigenvalue weighted by Crippen LogP contribution is 2.31. The van der Waals surface area contributed by atoms with Gasteiger partial charge in [0.25, 0.3) is 0 Å². The van der Waals surface area contributed by atoms with Crippen molar-refractivity contribution in [1.82, 2.24) is 10.0 Å². The molecule has 0 bridgehead atoms. The summed E-state index contributed by atoms with van der Waals surface area (Å²) in [5.74, 6) is 0.552.